The highest BCUT2D eigenvalue weighted by atomic mass is 16.5. The van der Waals surface area contributed by atoms with Crippen LogP contribution in [0.3, 0.4) is 0 Å². The Morgan fingerprint density at radius 3 is 2.81 bits per heavy atom. The third kappa shape index (κ3) is 6.31. The van der Waals surface area contributed by atoms with Crippen LogP contribution in [-0.2, 0) is 9.53 Å². The molecule has 1 fully saturated rings. The topological polar surface area (TPSA) is 46.5 Å². The van der Waals surface area contributed by atoms with Crippen LogP contribution in [-0.4, -0.2) is 29.2 Å². The zero-order chi connectivity index (χ0) is 15.9. The van der Waals surface area contributed by atoms with E-state index in [1.54, 1.807) is 0 Å². The summed E-state index contributed by atoms with van der Waals surface area (Å²) in [6.07, 6.45) is 7.72. The van der Waals surface area contributed by atoms with Gasteiger partial charge in [0.15, 0.2) is 5.78 Å². The first-order chi connectivity index (χ1) is 9.85. The average Bonchev–Trinajstić information content (AvgIpc) is 2.59. The molecule has 1 saturated heterocycles. The van der Waals surface area contributed by atoms with Gasteiger partial charge in [0.1, 0.15) is 5.60 Å². The van der Waals surface area contributed by atoms with E-state index in [4.69, 9.17) is 4.74 Å². The van der Waals surface area contributed by atoms with E-state index in [9.17, 15) is 9.90 Å². The number of aliphatic hydroxyl groups excluding tert-OH is 1. The highest BCUT2D eigenvalue weighted by Crippen LogP contribution is 2.27. The average molecular weight is 296 g/mol. The Labute approximate surface area is 129 Å². The minimum atomic E-state index is -0.596. The summed E-state index contributed by atoms with van der Waals surface area (Å²) in [5.41, 5.74) is 0.646. The predicted molar refractivity (Wildman–Crippen MR) is 86.3 cm³/mol. The van der Waals surface area contributed by atoms with Crippen LogP contribution >= 0.6 is 0 Å². The van der Waals surface area contributed by atoms with Crippen LogP contribution in [0.2, 0.25) is 0 Å². The van der Waals surface area contributed by atoms with Crippen LogP contribution in [0.4, 0.5) is 0 Å². The van der Waals surface area contributed by atoms with Crippen LogP contribution in [0.15, 0.2) is 11.6 Å². The fourth-order valence-electron chi connectivity index (χ4n) is 2.78. The van der Waals surface area contributed by atoms with Crippen molar-refractivity contribution < 1.29 is 14.6 Å². The van der Waals surface area contributed by atoms with Crippen molar-refractivity contribution in [2.45, 2.75) is 84.3 Å². The van der Waals surface area contributed by atoms with Gasteiger partial charge in [0.25, 0.3) is 0 Å². The molecule has 0 amide bonds. The summed E-state index contributed by atoms with van der Waals surface area (Å²) < 4.78 is 5.80. The monoisotopic (exact) mass is 296 g/mol. The van der Waals surface area contributed by atoms with E-state index < -0.39 is 5.60 Å². The first-order valence-electron chi connectivity index (χ1n) is 8.34. The number of allylic oxidation sites excluding steroid dienone is 1. The van der Waals surface area contributed by atoms with Gasteiger partial charge >= 0.3 is 0 Å². The number of ketones is 1. The van der Waals surface area contributed by atoms with Crippen molar-refractivity contribution in [1.29, 1.82) is 0 Å². The highest BCUT2D eigenvalue weighted by Gasteiger charge is 2.34. The van der Waals surface area contributed by atoms with Crippen LogP contribution < -0.4 is 0 Å². The van der Waals surface area contributed by atoms with Crippen LogP contribution in [0, 0.1) is 5.92 Å². The maximum absolute atomic E-state index is 12.1. The van der Waals surface area contributed by atoms with Crippen molar-refractivity contribution in [2.24, 2.45) is 5.92 Å². The molecule has 0 spiro atoms. The summed E-state index contributed by atoms with van der Waals surface area (Å²) in [6, 6.07) is 0. The second-order valence-corrected chi connectivity index (χ2v) is 6.91. The van der Waals surface area contributed by atoms with E-state index in [0.717, 1.165) is 38.5 Å². The molecule has 21 heavy (non-hydrogen) atoms. The van der Waals surface area contributed by atoms with E-state index in [-0.39, 0.29) is 17.8 Å². The minimum absolute atomic E-state index is 0.248. The van der Waals surface area contributed by atoms with Crippen molar-refractivity contribution in [2.75, 3.05) is 6.61 Å². The summed E-state index contributed by atoms with van der Waals surface area (Å²) in [7, 11) is 0. The van der Waals surface area contributed by atoms with Gasteiger partial charge < -0.3 is 9.84 Å². The zero-order valence-electron chi connectivity index (χ0n) is 14.2. The normalized spacial score (nSPS) is 26.0. The van der Waals surface area contributed by atoms with Crippen molar-refractivity contribution >= 4 is 5.78 Å². The third-order valence-electron chi connectivity index (χ3n) is 4.55. The van der Waals surface area contributed by atoms with Gasteiger partial charge in [-0.05, 0) is 65.2 Å². The molecule has 3 nitrogen and oxygen atoms in total. The summed E-state index contributed by atoms with van der Waals surface area (Å²) in [4.78, 5) is 12.1. The zero-order valence-corrected chi connectivity index (χ0v) is 14.2. The molecule has 0 aromatic heterocycles. The maximum atomic E-state index is 12.1. The van der Waals surface area contributed by atoms with Crippen molar-refractivity contribution in [3.63, 3.8) is 0 Å². The Kier molecular flexibility index (Phi) is 7.61. The molecule has 1 heterocycles. The number of aliphatic hydroxyl groups is 1. The van der Waals surface area contributed by atoms with Crippen molar-refractivity contribution in [1.82, 2.24) is 0 Å². The fraction of sp³-hybridized carbons (Fsp3) is 0.833. The lowest BCUT2D eigenvalue weighted by Crippen LogP contribution is -2.37. The lowest BCUT2D eigenvalue weighted by atomic mass is 9.88. The van der Waals surface area contributed by atoms with Gasteiger partial charge in [-0.2, -0.15) is 0 Å². The Morgan fingerprint density at radius 1 is 1.43 bits per heavy atom. The van der Waals surface area contributed by atoms with Crippen LogP contribution in [0.1, 0.15) is 72.6 Å². The first kappa shape index (κ1) is 18.4. The molecular weight excluding hydrogens is 264 g/mol. The molecule has 1 aliphatic heterocycles. The molecule has 3 heteroatoms. The Morgan fingerprint density at radius 2 is 2.14 bits per heavy atom. The highest BCUT2D eigenvalue weighted by molar-refractivity contribution is 5.87. The molecular formula is C18H32O3. The number of ether oxygens (including phenoxy) is 1. The molecule has 0 radical (unpaired) electrons. The van der Waals surface area contributed by atoms with E-state index in [1.807, 2.05) is 20.8 Å². The van der Waals surface area contributed by atoms with Crippen molar-refractivity contribution in [3.8, 4) is 0 Å². The molecule has 3 atom stereocenters. The number of carbonyl (C=O) groups is 1. The Hall–Kier alpha value is -0.670. The molecule has 0 aromatic rings. The van der Waals surface area contributed by atoms with E-state index in [0.29, 0.717) is 13.0 Å². The lowest BCUT2D eigenvalue weighted by molar-refractivity contribution is -0.141. The number of carbonyl (C=O) groups excluding carboxylic acids is 1. The smallest absolute Gasteiger partial charge is 0.164 e. The first-order valence-corrected chi connectivity index (χ1v) is 8.34. The molecule has 1 aliphatic rings. The van der Waals surface area contributed by atoms with Gasteiger partial charge in [0.05, 0.1) is 6.10 Å². The summed E-state index contributed by atoms with van der Waals surface area (Å²) in [5.74, 6) is 0.503. The number of hydrogen-bond donors (Lipinski definition) is 1. The van der Waals surface area contributed by atoms with Gasteiger partial charge in [-0.3, -0.25) is 4.79 Å². The van der Waals surface area contributed by atoms with Gasteiger partial charge in [-0.1, -0.05) is 18.6 Å². The Balaban J connectivity index is 2.37. The van der Waals surface area contributed by atoms with Gasteiger partial charge in [-0.15, -0.1) is 0 Å². The number of rotatable bonds is 7. The molecule has 0 saturated carbocycles. The van der Waals surface area contributed by atoms with Gasteiger partial charge in [0, 0.05) is 13.0 Å². The maximum Gasteiger partial charge on any atom is 0.164 e. The minimum Gasteiger partial charge on any atom is -0.393 e. The Bertz CT molecular complexity index is 357. The van der Waals surface area contributed by atoms with Crippen LogP contribution in [0.5, 0.6) is 0 Å². The van der Waals surface area contributed by atoms with Crippen molar-refractivity contribution in [3.05, 3.63) is 11.6 Å². The standard InChI is InChI=1S/C18H32O3/c1-14(2)10-11-16(19)15(3)8-7-12-18(4)17(20)9-5-6-13-21-18/h10,15-16,19H,5-9,11-13H2,1-4H3. The van der Waals surface area contributed by atoms with E-state index in [2.05, 4.69) is 13.0 Å². The molecule has 1 N–H and O–H groups in total. The fourth-order valence-corrected chi connectivity index (χ4v) is 2.78. The molecule has 1 rings (SSSR count). The summed E-state index contributed by atoms with van der Waals surface area (Å²) in [5, 5.41) is 10.1. The molecule has 3 unspecified atom stereocenters. The second-order valence-electron chi connectivity index (χ2n) is 6.91. The predicted octanol–water partition coefficient (Wildman–Crippen LogP) is 4.04. The summed E-state index contributed by atoms with van der Waals surface area (Å²) >= 11 is 0. The number of hydrogen-bond acceptors (Lipinski definition) is 3. The van der Waals surface area contributed by atoms with Crippen LogP contribution in [0.25, 0.3) is 0 Å². The third-order valence-corrected chi connectivity index (χ3v) is 4.55. The molecule has 122 valence electrons. The van der Waals surface area contributed by atoms with Gasteiger partial charge in [-0.25, -0.2) is 0 Å². The van der Waals surface area contributed by atoms with Gasteiger partial charge in [0.2, 0.25) is 0 Å². The van der Waals surface area contributed by atoms with E-state index >= 15 is 0 Å². The largest absolute Gasteiger partial charge is 0.393 e. The second kappa shape index (κ2) is 8.70. The summed E-state index contributed by atoms with van der Waals surface area (Å²) in [6.45, 7) is 8.81. The molecule has 0 aromatic carbocycles. The number of Topliss-reactive ketones (excluding diaryl/α,β-unsaturated/α-hetero) is 1. The molecule has 0 aliphatic carbocycles. The van der Waals surface area contributed by atoms with E-state index in [1.165, 1.54) is 5.57 Å². The lowest BCUT2D eigenvalue weighted by Gasteiger charge is -2.27. The molecule has 0 bridgehead atoms. The quantitative estimate of drug-likeness (QED) is 0.721. The SMILES string of the molecule is CC(C)=CCC(O)C(C)CCCC1(C)OCCCCC1=O.